The molecule has 6 atom stereocenters. The number of amides is 1. The standard InChI is InChI=1S/C28H39NO7/c1-17(2)6-8-23-27(3,36-23)26-25(34-5)21(10-11-28(26)16-35-28)29-24(32)9-7-18-12-19(14-30)20(15-31)22(13-18)33-4/h6-7,9,12-13,21,23,25-26,30-31H,8,10-11,14-16H2,1-5H3,(H,29,32)/b9-7+/t21-,23-,25-,26-,27?,28+/m1/s1. The van der Waals surface area contributed by atoms with Crippen LogP contribution in [0.3, 0.4) is 0 Å². The predicted molar refractivity (Wildman–Crippen MR) is 135 cm³/mol. The summed E-state index contributed by atoms with van der Waals surface area (Å²) in [6.45, 7) is 6.54. The minimum absolute atomic E-state index is 0.0241. The topological polar surface area (TPSA) is 113 Å². The molecule has 0 aromatic heterocycles. The number of aliphatic hydroxyl groups excluding tert-OH is 2. The molecule has 36 heavy (non-hydrogen) atoms. The van der Waals surface area contributed by atoms with E-state index >= 15 is 0 Å². The maximum Gasteiger partial charge on any atom is 0.244 e. The van der Waals surface area contributed by atoms with Crippen molar-refractivity contribution in [2.24, 2.45) is 5.92 Å². The van der Waals surface area contributed by atoms with E-state index in [1.807, 2.05) is 0 Å². The van der Waals surface area contributed by atoms with Crippen LogP contribution in [0.25, 0.3) is 6.08 Å². The Labute approximate surface area is 213 Å². The van der Waals surface area contributed by atoms with Crippen molar-refractivity contribution in [3.63, 3.8) is 0 Å². The molecule has 1 aromatic rings. The first-order valence-corrected chi connectivity index (χ1v) is 12.6. The Morgan fingerprint density at radius 3 is 2.58 bits per heavy atom. The number of aliphatic hydroxyl groups is 2. The van der Waals surface area contributed by atoms with Gasteiger partial charge in [-0.1, -0.05) is 11.6 Å². The Bertz CT molecular complexity index is 1000. The van der Waals surface area contributed by atoms with Gasteiger partial charge in [0.05, 0.1) is 50.8 Å². The van der Waals surface area contributed by atoms with Gasteiger partial charge in [0.15, 0.2) is 0 Å². The molecule has 2 aliphatic heterocycles. The van der Waals surface area contributed by atoms with Crippen molar-refractivity contribution in [1.82, 2.24) is 5.32 Å². The number of nitrogens with one attached hydrogen (secondary N) is 1. The average Bonchev–Trinajstić information content (AvgIpc) is 3.78. The predicted octanol–water partition coefficient (Wildman–Crippen LogP) is 2.89. The van der Waals surface area contributed by atoms with E-state index in [-0.39, 0.29) is 54.5 Å². The first kappa shape index (κ1) is 26.8. The van der Waals surface area contributed by atoms with Crippen LogP contribution < -0.4 is 10.1 Å². The molecule has 3 N–H and O–H groups in total. The van der Waals surface area contributed by atoms with E-state index < -0.39 is 0 Å². The smallest absolute Gasteiger partial charge is 0.244 e. The summed E-state index contributed by atoms with van der Waals surface area (Å²) < 4.78 is 23.6. The molecule has 1 aliphatic carbocycles. The van der Waals surface area contributed by atoms with Gasteiger partial charge in [0, 0.05) is 24.7 Å². The van der Waals surface area contributed by atoms with E-state index in [4.69, 9.17) is 18.9 Å². The number of hydrogen-bond acceptors (Lipinski definition) is 7. The number of carbonyl (C=O) groups is 1. The van der Waals surface area contributed by atoms with E-state index in [1.165, 1.54) is 18.8 Å². The van der Waals surface area contributed by atoms with Crippen LogP contribution in [0.5, 0.6) is 5.75 Å². The zero-order valence-electron chi connectivity index (χ0n) is 21.9. The fourth-order valence-corrected chi connectivity index (χ4v) is 5.87. The lowest BCUT2D eigenvalue weighted by Crippen LogP contribution is -2.59. The number of benzene rings is 1. The highest BCUT2D eigenvalue weighted by Crippen LogP contribution is 2.59. The highest BCUT2D eigenvalue weighted by atomic mass is 16.6. The molecule has 2 heterocycles. The van der Waals surface area contributed by atoms with Crippen molar-refractivity contribution in [3.8, 4) is 5.75 Å². The van der Waals surface area contributed by atoms with Gasteiger partial charge in [-0.3, -0.25) is 4.79 Å². The van der Waals surface area contributed by atoms with Gasteiger partial charge in [0.25, 0.3) is 0 Å². The summed E-state index contributed by atoms with van der Waals surface area (Å²) in [4.78, 5) is 12.9. The third-order valence-electron chi connectivity index (χ3n) is 7.92. The Kier molecular flexibility index (Phi) is 7.92. The Morgan fingerprint density at radius 2 is 2.00 bits per heavy atom. The molecule has 8 heteroatoms. The summed E-state index contributed by atoms with van der Waals surface area (Å²) in [6.07, 6.45) is 7.70. The third-order valence-corrected chi connectivity index (χ3v) is 7.92. The largest absolute Gasteiger partial charge is 0.496 e. The van der Waals surface area contributed by atoms with Crippen LogP contribution in [0.2, 0.25) is 0 Å². The Balaban J connectivity index is 1.47. The molecule has 198 valence electrons. The van der Waals surface area contributed by atoms with E-state index in [9.17, 15) is 15.0 Å². The monoisotopic (exact) mass is 501 g/mol. The summed E-state index contributed by atoms with van der Waals surface area (Å²) in [5.41, 5.74) is 2.46. The van der Waals surface area contributed by atoms with E-state index in [0.29, 0.717) is 29.0 Å². The molecule has 3 aliphatic rings. The molecule has 1 amide bonds. The normalized spacial score (nSPS) is 33.0. The van der Waals surface area contributed by atoms with E-state index in [1.54, 1.807) is 25.3 Å². The number of epoxide rings is 2. The van der Waals surface area contributed by atoms with Gasteiger partial charge in [-0.2, -0.15) is 0 Å². The fraction of sp³-hybridized carbons (Fsp3) is 0.607. The highest BCUT2D eigenvalue weighted by molar-refractivity contribution is 5.92. The van der Waals surface area contributed by atoms with Crippen LogP contribution >= 0.6 is 0 Å². The molecule has 1 aromatic carbocycles. The maximum absolute atomic E-state index is 12.9. The minimum atomic E-state index is -0.353. The maximum atomic E-state index is 12.9. The number of methoxy groups -OCH3 is 2. The van der Waals surface area contributed by atoms with Gasteiger partial charge in [0.2, 0.25) is 5.91 Å². The quantitative estimate of drug-likeness (QED) is 0.257. The Hall–Kier alpha value is -2.23. The fourth-order valence-electron chi connectivity index (χ4n) is 5.87. The number of rotatable bonds is 10. The molecule has 4 rings (SSSR count). The highest BCUT2D eigenvalue weighted by Gasteiger charge is 2.71. The number of carbonyl (C=O) groups excluding carboxylic acids is 1. The van der Waals surface area contributed by atoms with Crippen LogP contribution in [0.15, 0.2) is 29.9 Å². The van der Waals surface area contributed by atoms with Gasteiger partial charge >= 0.3 is 0 Å². The minimum Gasteiger partial charge on any atom is -0.496 e. The van der Waals surface area contributed by atoms with Crippen molar-refractivity contribution in [2.75, 3.05) is 20.8 Å². The van der Waals surface area contributed by atoms with Crippen LogP contribution in [-0.2, 0) is 32.2 Å². The van der Waals surface area contributed by atoms with Gasteiger partial charge in [0.1, 0.15) is 11.4 Å². The van der Waals surface area contributed by atoms with Gasteiger partial charge in [-0.15, -0.1) is 0 Å². The van der Waals surface area contributed by atoms with Crippen molar-refractivity contribution >= 4 is 12.0 Å². The lowest BCUT2D eigenvalue weighted by molar-refractivity contribution is -0.121. The molecule has 8 nitrogen and oxygen atoms in total. The molecule has 0 radical (unpaired) electrons. The first-order valence-electron chi connectivity index (χ1n) is 12.6. The number of ether oxygens (including phenoxy) is 4. The van der Waals surface area contributed by atoms with E-state index in [2.05, 4.69) is 32.2 Å². The second-order valence-corrected chi connectivity index (χ2v) is 10.5. The van der Waals surface area contributed by atoms with Crippen molar-refractivity contribution in [2.45, 2.75) is 82.7 Å². The molecule has 0 bridgehead atoms. The average molecular weight is 502 g/mol. The van der Waals surface area contributed by atoms with Crippen LogP contribution in [-0.4, -0.2) is 66.4 Å². The second-order valence-electron chi connectivity index (χ2n) is 10.5. The SMILES string of the molecule is COc1cc(/C=C/C(=O)N[C@@H]2CC[C@]3(CO3)[C@@H](C3(C)O[C@@H]3CC=C(C)C)[C@@H]2OC)cc(CO)c1CO. The van der Waals surface area contributed by atoms with Gasteiger partial charge in [-0.25, -0.2) is 0 Å². The molecule has 2 saturated heterocycles. The summed E-state index contributed by atoms with van der Waals surface area (Å²) in [5.74, 6) is 0.261. The van der Waals surface area contributed by atoms with Crippen LogP contribution in [0, 0.1) is 5.92 Å². The van der Waals surface area contributed by atoms with Crippen molar-refractivity contribution in [3.05, 3.63) is 46.5 Å². The molecule has 1 spiro atoms. The number of hydrogen-bond donors (Lipinski definition) is 3. The van der Waals surface area contributed by atoms with Crippen molar-refractivity contribution < 1.29 is 34.0 Å². The third kappa shape index (κ3) is 5.24. The lowest BCUT2D eigenvalue weighted by atomic mass is 9.67. The summed E-state index contributed by atoms with van der Waals surface area (Å²) in [7, 11) is 3.20. The molecule has 3 fully saturated rings. The van der Waals surface area contributed by atoms with E-state index in [0.717, 1.165) is 19.3 Å². The van der Waals surface area contributed by atoms with Crippen LogP contribution in [0.1, 0.15) is 56.7 Å². The summed E-state index contributed by atoms with van der Waals surface area (Å²) in [5, 5.41) is 22.4. The first-order chi connectivity index (χ1) is 17.2. The van der Waals surface area contributed by atoms with Gasteiger partial charge < -0.3 is 34.5 Å². The number of allylic oxidation sites excluding steroid dienone is 1. The molecular formula is C28H39NO7. The summed E-state index contributed by atoms with van der Waals surface area (Å²) >= 11 is 0. The van der Waals surface area contributed by atoms with Gasteiger partial charge in [-0.05, 0) is 69.4 Å². The zero-order chi connectivity index (χ0) is 26.1. The molecule has 1 unspecified atom stereocenters. The molecule has 1 saturated carbocycles. The molecular weight excluding hydrogens is 462 g/mol. The lowest BCUT2D eigenvalue weighted by Gasteiger charge is -2.43. The van der Waals surface area contributed by atoms with Crippen LogP contribution in [0.4, 0.5) is 0 Å². The summed E-state index contributed by atoms with van der Waals surface area (Å²) in [6, 6.07) is 3.30. The second kappa shape index (κ2) is 10.6. The van der Waals surface area contributed by atoms with Crippen molar-refractivity contribution in [1.29, 1.82) is 0 Å². The Morgan fingerprint density at radius 1 is 1.25 bits per heavy atom. The zero-order valence-corrected chi connectivity index (χ0v) is 21.9.